The molecular weight excluding hydrogens is 324 g/mol. The van der Waals surface area contributed by atoms with Crippen LogP contribution >= 0.6 is 11.3 Å². The summed E-state index contributed by atoms with van der Waals surface area (Å²) in [5, 5.41) is 10.3. The summed E-state index contributed by atoms with van der Waals surface area (Å²) in [5.41, 5.74) is -0.560. The van der Waals surface area contributed by atoms with Gasteiger partial charge in [-0.2, -0.15) is 0 Å². The molecule has 0 fully saturated rings. The molecule has 1 heterocycles. The molecule has 7 heteroatoms. The normalized spacial score (nSPS) is 10.9. The Morgan fingerprint density at radius 3 is 2.52 bits per heavy atom. The predicted molar refractivity (Wildman–Crippen MR) is 85.5 cm³/mol. The Bertz CT molecular complexity index is 937. The molecule has 0 saturated heterocycles. The fourth-order valence-electron chi connectivity index (χ4n) is 2.43. The van der Waals surface area contributed by atoms with Gasteiger partial charge < -0.3 is 0 Å². The van der Waals surface area contributed by atoms with E-state index in [4.69, 9.17) is 7.49 Å². The summed E-state index contributed by atoms with van der Waals surface area (Å²) in [6, 6.07) is 7.65. The minimum atomic E-state index is -1.41. The van der Waals surface area contributed by atoms with Gasteiger partial charge in [-0.05, 0) is 0 Å². The molecule has 23 heavy (non-hydrogen) atoms. The van der Waals surface area contributed by atoms with Crippen molar-refractivity contribution in [3.63, 3.8) is 0 Å². The first-order valence-electron chi connectivity index (χ1n) is 6.50. The Morgan fingerprint density at radius 2 is 1.87 bits per heavy atom. The molecule has 0 amide bonds. The van der Waals surface area contributed by atoms with Crippen molar-refractivity contribution in [2.75, 3.05) is 7.11 Å². The molecule has 0 saturated carbocycles. The summed E-state index contributed by atoms with van der Waals surface area (Å²) in [6.45, 7) is 0. The number of benzene rings is 2. The van der Waals surface area contributed by atoms with Crippen molar-refractivity contribution >= 4 is 34.6 Å². The van der Waals surface area contributed by atoms with Crippen LogP contribution in [0.25, 0.3) is 21.2 Å². The second-order valence-electron chi connectivity index (χ2n) is 4.75. The van der Waals surface area contributed by atoms with Crippen LogP contribution < -0.4 is 4.74 Å². The fraction of sp³-hybridized carbons (Fsp3) is 0.0625. The maximum absolute atomic E-state index is 14.6. The molecule has 0 aliphatic rings. The summed E-state index contributed by atoms with van der Waals surface area (Å²) in [7, 11) is 6.51. The van der Waals surface area contributed by atoms with Gasteiger partial charge in [0.1, 0.15) is 0 Å². The minimum absolute atomic E-state index is 0.179. The van der Waals surface area contributed by atoms with Crippen LogP contribution in [0.5, 0.6) is 5.75 Å². The van der Waals surface area contributed by atoms with Gasteiger partial charge in [0.05, 0.1) is 0 Å². The van der Waals surface area contributed by atoms with Crippen molar-refractivity contribution in [3.05, 3.63) is 52.7 Å². The van der Waals surface area contributed by atoms with Gasteiger partial charge in [-0.15, -0.1) is 0 Å². The molecule has 0 atom stereocenters. The molecule has 0 spiro atoms. The first kappa shape index (κ1) is 15.6. The second-order valence-corrected chi connectivity index (χ2v) is 5.81. The van der Waals surface area contributed by atoms with E-state index < -0.39 is 28.9 Å². The third kappa shape index (κ3) is 2.41. The van der Waals surface area contributed by atoms with E-state index in [0.717, 1.165) is 29.2 Å². The van der Waals surface area contributed by atoms with Gasteiger partial charge in [0.25, 0.3) is 0 Å². The third-order valence-electron chi connectivity index (χ3n) is 3.42. The van der Waals surface area contributed by atoms with Crippen LogP contribution in [-0.4, -0.2) is 25.4 Å². The number of halogens is 3. The summed E-state index contributed by atoms with van der Waals surface area (Å²) in [4.78, 5) is 0.179. The van der Waals surface area contributed by atoms with Crippen LogP contribution in [0.4, 0.5) is 13.2 Å². The third-order valence-corrected chi connectivity index (χ3v) is 4.61. The summed E-state index contributed by atoms with van der Waals surface area (Å²) >= 11 is 1.12. The van der Waals surface area contributed by atoms with Crippen molar-refractivity contribution in [1.29, 1.82) is 0 Å². The Balaban J connectivity index is 2.44. The number of rotatable bonds is 3. The number of hydrogen-bond donors (Lipinski definition) is 1. The molecule has 0 unspecified atom stereocenters. The van der Waals surface area contributed by atoms with Crippen molar-refractivity contribution < 1.29 is 23.0 Å². The van der Waals surface area contributed by atoms with E-state index in [0.29, 0.717) is 5.39 Å². The van der Waals surface area contributed by atoms with Crippen LogP contribution in [0.1, 0.15) is 4.88 Å². The molecule has 3 rings (SSSR count). The van der Waals surface area contributed by atoms with E-state index in [-0.39, 0.29) is 16.0 Å². The van der Waals surface area contributed by atoms with Crippen molar-refractivity contribution in [2.24, 2.45) is 0 Å². The molecule has 2 aromatic carbocycles. The van der Waals surface area contributed by atoms with Crippen molar-refractivity contribution in [1.82, 2.24) is 0 Å². The van der Waals surface area contributed by atoms with Gasteiger partial charge in [-0.25, -0.2) is 0 Å². The SMILES string of the molecule is [B]=C(O)c1sc2ccccc2c1-c1cc(F)c(F)c(OC)c1F. The zero-order valence-electron chi connectivity index (χ0n) is 11.9. The number of aliphatic hydroxyl groups is 1. The van der Waals surface area contributed by atoms with Gasteiger partial charge in [-0.1, -0.05) is 0 Å². The van der Waals surface area contributed by atoms with E-state index in [2.05, 4.69) is 4.74 Å². The average Bonchev–Trinajstić information content (AvgIpc) is 2.91. The maximum atomic E-state index is 14.6. The number of thiophene rings is 1. The fourth-order valence-corrected chi connectivity index (χ4v) is 3.51. The van der Waals surface area contributed by atoms with Gasteiger partial charge in [-0.3, -0.25) is 0 Å². The molecule has 1 radical (unpaired) electrons. The summed E-state index contributed by atoms with van der Waals surface area (Å²) < 4.78 is 47.4. The number of fused-ring (bicyclic) bond motifs is 1. The summed E-state index contributed by atoms with van der Waals surface area (Å²) in [5.74, 6) is -4.54. The van der Waals surface area contributed by atoms with Crippen molar-refractivity contribution in [2.45, 2.75) is 0 Å². The number of ether oxygens (including phenoxy) is 1. The first-order chi connectivity index (χ1) is 11.0. The van der Waals surface area contributed by atoms with Crippen molar-refractivity contribution in [3.8, 4) is 16.9 Å². The monoisotopic (exact) mass is 333 g/mol. The molecular formula is C16H9BF3O2S. The van der Waals surface area contributed by atoms with Gasteiger partial charge in [0.15, 0.2) is 0 Å². The molecule has 0 aliphatic carbocycles. The zero-order chi connectivity index (χ0) is 16.7. The Kier molecular flexibility index (Phi) is 3.89. The van der Waals surface area contributed by atoms with E-state index in [1.807, 2.05) is 0 Å². The average molecular weight is 333 g/mol. The van der Waals surface area contributed by atoms with E-state index >= 15 is 0 Å². The molecule has 1 N–H and O–H groups in total. The van der Waals surface area contributed by atoms with Crippen LogP contribution in [0.3, 0.4) is 0 Å². The van der Waals surface area contributed by atoms with E-state index in [1.165, 1.54) is 0 Å². The number of aliphatic hydroxyl groups excluding tert-OH is 1. The number of methoxy groups -OCH3 is 1. The standard InChI is InChI=1S/C16H9BF3O2S/c1-22-14-12(19)8(6-9(18)13(14)20)11-7-4-2-3-5-10(7)23-15(11)16(17)21/h2-6,21H,1H3. The number of hydrogen-bond acceptors (Lipinski definition) is 3. The molecule has 115 valence electrons. The molecule has 1 aromatic heterocycles. The molecule has 0 aliphatic heterocycles. The quantitative estimate of drug-likeness (QED) is 0.580. The van der Waals surface area contributed by atoms with Gasteiger partial charge in [0, 0.05) is 0 Å². The van der Waals surface area contributed by atoms with Crippen LogP contribution in [0.2, 0.25) is 0 Å². The Hall–Kier alpha value is -2.28. The first-order valence-corrected chi connectivity index (χ1v) is 7.32. The van der Waals surface area contributed by atoms with Crippen LogP contribution in [0.15, 0.2) is 30.3 Å². The molecule has 0 bridgehead atoms. The Labute approximate surface area is 134 Å². The summed E-state index contributed by atoms with van der Waals surface area (Å²) in [6.07, 6.45) is 0. The Morgan fingerprint density at radius 1 is 1.17 bits per heavy atom. The zero-order valence-corrected chi connectivity index (χ0v) is 12.7. The van der Waals surface area contributed by atoms with Gasteiger partial charge in [0.2, 0.25) is 0 Å². The molecule has 2 nitrogen and oxygen atoms in total. The van der Waals surface area contributed by atoms with Gasteiger partial charge >= 0.3 is 134 Å². The van der Waals surface area contributed by atoms with Crippen LogP contribution in [-0.2, 0) is 0 Å². The topological polar surface area (TPSA) is 29.5 Å². The predicted octanol–water partition coefficient (Wildman–Crippen LogP) is 4.01. The van der Waals surface area contributed by atoms with E-state index in [9.17, 15) is 18.3 Å². The second kappa shape index (κ2) is 5.74. The van der Waals surface area contributed by atoms with Crippen LogP contribution in [0, 0.1) is 17.5 Å². The molecule has 3 aromatic rings. The van der Waals surface area contributed by atoms with E-state index in [1.54, 1.807) is 24.3 Å².